The van der Waals surface area contributed by atoms with Crippen LogP contribution in [0.25, 0.3) is 11.3 Å². The van der Waals surface area contributed by atoms with E-state index in [9.17, 15) is 9.59 Å². The van der Waals surface area contributed by atoms with E-state index in [1.54, 1.807) is 30.2 Å². The highest BCUT2D eigenvalue weighted by atomic mass is 16.2. The number of imidazole rings is 1. The first kappa shape index (κ1) is 17.4. The summed E-state index contributed by atoms with van der Waals surface area (Å²) in [5.74, 6) is -0.450. The van der Waals surface area contributed by atoms with E-state index >= 15 is 0 Å². The van der Waals surface area contributed by atoms with Crippen LogP contribution in [0.1, 0.15) is 27.4 Å². The number of nitrogens with one attached hydrogen (secondary N) is 3. The predicted octanol–water partition coefficient (Wildman–Crippen LogP) is 1.36. The molecule has 26 heavy (non-hydrogen) atoms. The molecule has 0 aliphatic carbocycles. The quantitative estimate of drug-likeness (QED) is 0.558. The Morgan fingerprint density at radius 3 is 2.54 bits per heavy atom. The van der Waals surface area contributed by atoms with Crippen LogP contribution in [0, 0.1) is 0 Å². The summed E-state index contributed by atoms with van der Waals surface area (Å²) in [5, 5.41) is 12.5. The number of aromatic amines is 1. The van der Waals surface area contributed by atoms with Gasteiger partial charge in [0.1, 0.15) is 11.4 Å². The summed E-state index contributed by atoms with van der Waals surface area (Å²) in [6.07, 6.45) is 3.84. The molecule has 2 aromatic heterocycles. The molecule has 2 amide bonds. The number of benzene rings is 1. The van der Waals surface area contributed by atoms with E-state index < -0.39 is 0 Å². The molecular weight excluding hydrogens is 332 g/mol. The fraction of sp³-hybridized carbons (Fsp3) is 0.222. The number of hydrogen-bond acceptors (Lipinski definition) is 4. The molecule has 0 bridgehead atoms. The standard InChI is InChI=1S/C18H20N6O2/c1-24-11-16(21-12-24)18(26)20-9-5-8-19-17(25)15-10-14(22-23-15)13-6-3-2-4-7-13/h2-4,6-7,10-12H,5,8-9H2,1H3,(H,19,25)(H,20,26)(H,22,23). The van der Waals surface area contributed by atoms with Crippen molar-refractivity contribution in [1.82, 2.24) is 30.4 Å². The largest absolute Gasteiger partial charge is 0.351 e. The van der Waals surface area contributed by atoms with Gasteiger partial charge in [0.25, 0.3) is 11.8 Å². The maximum absolute atomic E-state index is 12.1. The van der Waals surface area contributed by atoms with Crippen molar-refractivity contribution in [2.24, 2.45) is 7.05 Å². The highest BCUT2D eigenvalue weighted by molar-refractivity contribution is 5.93. The second-order valence-electron chi connectivity index (χ2n) is 5.82. The topological polar surface area (TPSA) is 105 Å². The zero-order valence-corrected chi connectivity index (χ0v) is 14.4. The molecule has 0 unspecified atom stereocenters. The van der Waals surface area contributed by atoms with E-state index in [-0.39, 0.29) is 11.8 Å². The zero-order chi connectivity index (χ0) is 18.4. The van der Waals surface area contributed by atoms with E-state index in [0.717, 1.165) is 11.3 Å². The summed E-state index contributed by atoms with van der Waals surface area (Å²) >= 11 is 0. The number of rotatable bonds is 7. The van der Waals surface area contributed by atoms with Crippen molar-refractivity contribution >= 4 is 11.8 Å². The molecule has 3 rings (SSSR count). The van der Waals surface area contributed by atoms with Crippen molar-refractivity contribution < 1.29 is 9.59 Å². The van der Waals surface area contributed by atoms with Crippen LogP contribution in [-0.2, 0) is 7.05 Å². The van der Waals surface area contributed by atoms with Gasteiger partial charge in [-0.2, -0.15) is 5.10 Å². The fourth-order valence-electron chi connectivity index (χ4n) is 2.40. The van der Waals surface area contributed by atoms with E-state index in [4.69, 9.17) is 0 Å². The number of carbonyl (C=O) groups excluding carboxylic acids is 2. The molecule has 3 N–H and O–H groups in total. The van der Waals surface area contributed by atoms with Gasteiger partial charge in [-0.1, -0.05) is 30.3 Å². The SMILES string of the molecule is Cn1cnc(C(=O)NCCCNC(=O)c2cc(-c3ccccc3)n[nH]2)c1. The monoisotopic (exact) mass is 352 g/mol. The van der Waals surface area contributed by atoms with E-state index in [0.29, 0.717) is 30.9 Å². The number of aryl methyl sites for hydroxylation is 1. The molecule has 0 fully saturated rings. The second kappa shape index (κ2) is 8.11. The first-order chi connectivity index (χ1) is 12.6. The third-order valence-corrected chi connectivity index (χ3v) is 3.75. The minimum atomic E-state index is -0.226. The summed E-state index contributed by atoms with van der Waals surface area (Å²) in [5.41, 5.74) is 2.45. The van der Waals surface area contributed by atoms with Crippen LogP contribution in [0.5, 0.6) is 0 Å². The van der Waals surface area contributed by atoms with Crippen LogP contribution < -0.4 is 10.6 Å². The number of amides is 2. The first-order valence-corrected chi connectivity index (χ1v) is 8.28. The number of aromatic nitrogens is 4. The fourth-order valence-corrected chi connectivity index (χ4v) is 2.40. The molecule has 134 valence electrons. The van der Waals surface area contributed by atoms with Crippen LogP contribution in [0.4, 0.5) is 0 Å². The average Bonchev–Trinajstić information content (AvgIpc) is 3.31. The van der Waals surface area contributed by atoms with Crippen molar-refractivity contribution in [1.29, 1.82) is 0 Å². The lowest BCUT2D eigenvalue weighted by atomic mass is 10.1. The Balaban J connectivity index is 1.40. The number of H-pyrrole nitrogens is 1. The van der Waals surface area contributed by atoms with Crippen LogP contribution >= 0.6 is 0 Å². The lowest BCUT2D eigenvalue weighted by Gasteiger charge is -2.04. The van der Waals surface area contributed by atoms with Crippen molar-refractivity contribution in [2.45, 2.75) is 6.42 Å². The number of carbonyl (C=O) groups is 2. The van der Waals surface area contributed by atoms with Gasteiger partial charge >= 0.3 is 0 Å². The van der Waals surface area contributed by atoms with E-state index in [1.807, 2.05) is 30.3 Å². The Labute approximate surface area is 150 Å². The first-order valence-electron chi connectivity index (χ1n) is 8.28. The van der Waals surface area contributed by atoms with Crippen molar-refractivity contribution in [3.05, 3.63) is 60.3 Å². The van der Waals surface area contributed by atoms with Crippen LogP contribution in [0.3, 0.4) is 0 Å². The van der Waals surface area contributed by atoms with Gasteiger partial charge in [-0.05, 0) is 12.5 Å². The second-order valence-corrected chi connectivity index (χ2v) is 5.82. The van der Waals surface area contributed by atoms with Crippen molar-refractivity contribution in [3.8, 4) is 11.3 Å². The van der Waals surface area contributed by atoms with Gasteiger partial charge in [0.15, 0.2) is 0 Å². The normalized spacial score (nSPS) is 10.5. The maximum Gasteiger partial charge on any atom is 0.271 e. The predicted molar refractivity (Wildman–Crippen MR) is 96.5 cm³/mol. The molecule has 0 aliphatic rings. The Morgan fingerprint density at radius 2 is 1.85 bits per heavy atom. The Hall–Kier alpha value is -3.42. The smallest absolute Gasteiger partial charge is 0.271 e. The van der Waals surface area contributed by atoms with Gasteiger partial charge in [0.2, 0.25) is 0 Å². The van der Waals surface area contributed by atoms with Gasteiger partial charge in [0.05, 0.1) is 12.0 Å². The van der Waals surface area contributed by atoms with Crippen molar-refractivity contribution in [2.75, 3.05) is 13.1 Å². The highest BCUT2D eigenvalue weighted by Crippen LogP contribution is 2.16. The summed E-state index contributed by atoms with van der Waals surface area (Å²) < 4.78 is 1.71. The minimum Gasteiger partial charge on any atom is -0.351 e. The van der Waals surface area contributed by atoms with Gasteiger partial charge in [-0.15, -0.1) is 0 Å². The Morgan fingerprint density at radius 1 is 1.12 bits per heavy atom. The van der Waals surface area contributed by atoms with Crippen molar-refractivity contribution in [3.63, 3.8) is 0 Å². The number of nitrogens with zero attached hydrogens (tertiary/aromatic N) is 3. The summed E-state index contributed by atoms with van der Waals surface area (Å²) in [6.45, 7) is 0.898. The summed E-state index contributed by atoms with van der Waals surface area (Å²) in [4.78, 5) is 27.9. The molecule has 0 saturated carbocycles. The van der Waals surface area contributed by atoms with E-state index in [1.165, 1.54) is 0 Å². The molecule has 8 nitrogen and oxygen atoms in total. The minimum absolute atomic E-state index is 0.224. The van der Waals surface area contributed by atoms with Crippen LogP contribution in [0.2, 0.25) is 0 Å². The zero-order valence-electron chi connectivity index (χ0n) is 14.4. The average molecular weight is 352 g/mol. The summed E-state index contributed by atoms with van der Waals surface area (Å²) in [6, 6.07) is 11.3. The van der Waals surface area contributed by atoms with E-state index in [2.05, 4.69) is 25.8 Å². The van der Waals surface area contributed by atoms with Gasteiger partial charge in [-0.3, -0.25) is 14.7 Å². The van der Waals surface area contributed by atoms with Crippen LogP contribution in [0.15, 0.2) is 48.9 Å². The molecule has 0 saturated heterocycles. The highest BCUT2D eigenvalue weighted by Gasteiger charge is 2.11. The van der Waals surface area contributed by atoms with Crippen LogP contribution in [-0.4, -0.2) is 44.7 Å². The molecule has 2 heterocycles. The van der Waals surface area contributed by atoms with Gasteiger partial charge in [0, 0.05) is 31.9 Å². The molecular formula is C18H20N6O2. The van der Waals surface area contributed by atoms with Gasteiger partial charge < -0.3 is 15.2 Å². The molecule has 0 aliphatic heterocycles. The molecule has 1 aromatic carbocycles. The summed E-state index contributed by atoms with van der Waals surface area (Å²) in [7, 11) is 1.80. The maximum atomic E-state index is 12.1. The number of hydrogen-bond donors (Lipinski definition) is 3. The Bertz CT molecular complexity index is 884. The molecule has 0 radical (unpaired) electrons. The molecule has 3 aromatic rings. The lowest BCUT2D eigenvalue weighted by Crippen LogP contribution is -2.30. The molecule has 8 heteroatoms. The third kappa shape index (κ3) is 4.35. The lowest BCUT2D eigenvalue weighted by molar-refractivity contribution is 0.0947. The molecule has 0 spiro atoms. The Kier molecular flexibility index (Phi) is 5.43. The van der Waals surface area contributed by atoms with Gasteiger partial charge in [-0.25, -0.2) is 4.98 Å². The third-order valence-electron chi connectivity index (χ3n) is 3.75. The molecule has 0 atom stereocenters.